The first-order chi connectivity index (χ1) is 5.81. The number of rotatable bonds is 6. The zero-order chi connectivity index (χ0) is 9.23. The van der Waals surface area contributed by atoms with E-state index in [9.17, 15) is 0 Å². The van der Waals surface area contributed by atoms with E-state index in [-0.39, 0.29) is 0 Å². The van der Waals surface area contributed by atoms with Crippen LogP contribution in [0.5, 0.6) is 0 Å². The predicted octanol–water partition coefficient (Wildman–Crippen LogP) is 2.75. The highest BCUT2D eigenvalue weighted by atomic mass is 14.8. The molecule has 0 saturated carbocycles. The van der Waals surface area contributed by atoms with E-state index in [1.54, 1.807) is 0 Å². The first kappa shape index (κ1) is 11.4. The molecule has 0 radical (unpaired) electrons. The van der Waals surface area contributed by atoms with Crippen molar-refractivity contribution in [1.29, 1.82) is 0 Å². The van der Waals surface area contributed by atoms with Gasteiger partial charge in [0.15, 0.2) is 0 Å². The van der Waals surface area contributed by atoms with Crippen molar-refractivity contribution in [2.75, 3.05) is 13.1 Å². The molecule has 12 heavy (non-hydrogen) atoms. The summed E-state index contributed by atoms with van der Waals surface area (Å²) >= 11 is 0. The average molecular weight is 167 g/mol. The summed E-state index contributed by atoms with van der Waals surface area (Å²) < 4.78 is 0. The van der Waals surface area contributed by atoms with E-state index in [2.05, 4.69) is 43.5 Å². The van der Waals surface area contributed by atoms with Crippen LogP contribution >= 0.6 is 0 Å². The predicted molar refractivity (Wildman–Crippen MR) is 56.3 cm³/mol. The fourth-order valence-electron chi connectivity index (χ4n) is 0.949. The maximum atomic E-state index is 3.36. The van der Waals surface area contributed by atoms with Crippen molar-refractivity contribution in [3.8, 4) is 0 Å². The summed E-state index contributed by atoms with van der Waals surface area (Å²) in [4.78, 5) is 0. The van der Waals surface area contributed by atoms with Crippen molar-refractivity contribution in [1.82, 2.24) is 5.32 Å². The van der Waals surface area contributed by atoms with E-state index in [0.29, 0.717) is 5.92 Å². The van der Waals surface area contributed by atoms with Crippen molar-refractivity contribution in [2.24, 2.45) is 5.92 Å². The Bertz CT molecular complexity index is 136. The second kappa shape index (κ2) is 8.54. The molecule has 0 heterocycles. The Hall–Kier alpha value is -0.560. The standard InChI is InChI=1S/C11H21N/c1-4-6-8-11(3)10-12-9-7-5-2/h5-8,11-12H,4,9-10H2,1-3H3/b7-5-,8-6-. The molecule has 1 nitrogen and oxygen atoms in total. The summed E-state index contributed by atoms with van der Waals surface area (Å²) in [7, 11) is 0. The van der Waals surface area contributed by atoms with Gasteiger partial charge in [-0.2, -0.15) is 0 Å². The molecule has 0 aromatic carbocycles. The smallest absolute Gasteiger partial charge is 0.0135 e. The number of nitrogens with one attached hydrogen (secondary N) is 1. The van der Waals surface area contributed by atoms with Crippen LogP contribution in [-0.2, 0) is 0 Å². The summed E-state index contributed by atoms with van der Waals surface area (Å²) in [5.74, 6) is 0.648. The quantitative estimate of drug-likeness (QED) is 0.474. The van der Waals surface area contributed by atoms with Crippen molar-refractivity contribution in [2.45, 2.75) is 27.2 Å². The van der Waals surface area contributed by atoms with Gasteiger partial charge in [-0.15, -0.1) is 0 Å². The maximum Gasteiger partial charge on any atom is 0.0135 e. The summed E-state index contributed by atoms with van der Waals surface area (Å²) in [5, 5.41) is 3.36. The van der Waals surface area contributed by atoms with Gasteiger partial charge >= 0.3 is 0 Å². The number of allylic oxidation sites excluding steroid dienone is 2. The van der Waals surface area contributed by atoms with Gasteiger partial charge in [-0.05, 0) is 19.3 Å². The molecule has 0 spiro atoms. The van der Waals surface area contributed by atoms with Crippen LogP contribution in [0.3, 0.4) is 0 Å². The van der Waals surface area contributed by atoms with Crippen LogP contribution in [0.25, 0.3) is 0 Å². The minimum absolute atomic E-state index is 0.648. The average Bonchev–Trinajstić information content (AvgIpc) is 2.09. The van der Waals surface area contributed by atoms with Crippen LogP contribution in [-0.4, -0.2) is 13.1 Å². The van der Waals surface area contributed by atoms with Crippen LogP contribution < -0.4 is 5.32 Å². The van der Waals surface area contributed by atoms with Crippen molar-refractivity contribution in [3.05, 3.63) is 24.3 Å². The third-order valence-electron chi connectivity index (χ3n) is 1.66. The zero-order valence-corrected chi connectivity index (χ0v) is 8.51. The SMILES string of the molecule is C/C=C\CNCC(C)/C=C\CC. The van der Waals surface area contributed by atoms with Gasteiger partial charge in [-0.25, -0.2) is 0 Å². The fraction of sp³-hybridized carbons (Fsp3) is 0.636. The first-order valence-corrected chi connectivity index (χ1v) is 4.79. The Labute approximate surface area is 76.6 Å². The van der Waals surface area contributed by atoms with Crippen LogP contribution in [0, 0.1) is 5.92 Å². The summed E-state index contributed by atoms with van der Waals surface area (Å²) in [5.41, 5.74) is 0. The molecule has 1 unspecified atom stereocenters. The van der Waals surface area contributed by atoms with Gasteiger partial charge < -0.3 is 5.32 Å². The zero-order valence-electron chi connectivity index (χ0n) is 8.51. The molecular weight excluding hydrogens is 146 g/mol. The van der Waals surface area contributed by atoms with Crippen LogP contribution in [0.2, 0.25) is 0 Å². The minimum atomic E-state index is 0.648. The molecule has 0 aliphatic carbocycles. The molecular formula is C11H21N. The lowest BCUT2D eigenvalue weighted by Crippen LogP contribution is -2.19. The van der Waals surface area contributed by atoms with Crippen LogP contribution in [0.15, 0.2) is 24.3 Å². The van der Waals surface area contributed by atoms with Gasteiger partial charge in [-0.3, -0.25) is 0 Å². The molecule has 0 rings (SSSR count). The Balaban J connectivity index is 3.30. The highest BCUT2D eigenvalue weighted by Gasteiger charge is 1.92. The Morgan fingerprint density at radius 3 is 2.67 bits per heavy atom. The normalized spacial score (nSPS) is 14.6. The minimum Gasteiger partial charge on any atom is -0.313 e. The van der Waals surface area contributed by atoms with Gasteiger partial charge in [0, 0.05) is 13.1 Å². The molecule has 0 aromatic rings. The molecule has 0 aliphatic rings. The van der Waals surface area contributed by atoms with Crippen molar-refractivity contribution >= 4 is 0 Å². The second-order valence-electron chi connectivity index (χ2n) is 3.04. The van der Waals surface area contributed by atoms with E-state index < -0.39 is 0 Å². The van der Waals surface area contributed by atoms with E-state index in [1.807, 2.05) is 6.92 Å². The van der Waals surface area contributed by atoms with E-state index in [0.717, 1.165) is 19.5 Å². The Kier molecular flexibility index (Phi) is 8.14. The third kappa shape index (κ3) is 7.55. The van der Waals surface area contributed by atoms with Crippen LogP contribution in [0.1, 0.15) is 27.2 Å². The van der Waals surface area contributed by atoms with Gasteiger partial charge in [-0.1, -0.05) is 38.2 Å². The Morgan fingerprint density at radius 2 is 2.08 bits per heavy atom. The molecule has 0 saturated heterocycles. The summed E-state index contributed by atoms with van der Waals surface area (Å²) in [6.07, 6.45) is 9.83. The molecule has 1 atom stereocenters. The highest BCUT2D eigenvalue weighted by molar-refractivity contribution is 4.87. The summed E-state index contributed by atoms with van der Waals surface area (Å²) in [6, 6.07) is 0. The number of hydrogen-bond donors (Lipinski definition) is 1. The molecule has 0 aromatic heterocycles. The monoisotopic (exact) mass is 167 g/mol. The van der Waals surface area contributed by atoms with E-state index in [4.69, 9.17) is 0 Å². The molecule has 1 N–H and O–H groups in total. The largest absolute Gasteiger partial charge is 0.313 e. The molecule has 1 heteroatoms. The third-order valence-corrected chi connectivity index (χ3v) is 1.66. The first-order valence-electron chi connectivity index (χ1n) is 4.79. The van der Waals surface area contributed by atoms with E-state index >= 15 is 0 Å². The van der Waals surface area contributed by atoms with Gasteiger partial charge in [0.2, 0.25) is 0 Å². The molecule has 0 aliphatic heterocycles. The molecule has 0 fully saturated rings. The summed E-state index contributed by atoms with van der Waals surface area (Å²) in [6.45, 7) is 8.50. The lowest BCUT2D eigenvalue weighted by atomic mass is 10.1. The molecule has 0 bridgehead atoms. The topological polar surface area (TPSA) is 12.0 Å². The second-order valence-corrected chi connectivity index (χ2v) is 3.04. The van der Waals surface area contributed by atoms with Gasteiger partial charge in [0.05, 0.1) is 0 Å². The van der Waals surface area contributed by atoms with Crippen LogP contribution in [0.4, 0.5) is 0 Å². The van der Waals surface area contributed by atoms with E-state index in [1.165, 1.54) is 0 Å². The highest BCUT2D eigenvalue weighted by Crippen LogP contribution is 1.95. The lowest BCUT2D eigenvalue weighted by Gasteiger charge is -2.05. The van der Waals surface area contributed by atoms with Gasteiger partial charge in [0.25, 0.3) is 0 Å². The number of hydrogen-bond acceptors (Lipinski definition) is 1. The Morgan fingerprint density at radius 1 is 1.33 bits per heavy atom. The van der Waals surface area contributed by atoms with Crippen molar-refractivity contribution in [3.63, 3.8) is 0 Å². The van der Waals surface area contributed by atoms with Crippen molar-refractivity contribution < 1.29 is 0 Å². The van der Waals surface area contributed by atoms with Gasteiger partial charge in [0.1, 0.15) is 0 Å². The maximum absolute atomic E-state index is 3.36. The molecule has 70 valence electrons. The molecule has 0 amide bonds. The fourth-order valence-corrected chi connectivity index (χ4v) is 0.949. The lowest BCUT2D eigenvalue weighted by molar-refractivity contribution is 0.624.